The van der Waals surface area contributed by atoms with E-state index < -0.39 is 0 Å². The fraction of sp³-hybridized carbons (Fsp3) is 0.269. The molecule has 0 radical (unpaired) electrons. The summed E-state index contributed by atoms with van der Waals surface area (Å²) in [4.78, 5) is 25.5. The van der Waals surface area contributed by atoms with Crippen LogP contribution in [0.3, 0.4) is 0 Å². The summed E-state index contributed by atoms with van der Waals surface area (Å²) in [6.07, 6.45) is 4.65. The quantitative estimate of drug-likeness (QED) is 0.504. The van der Waals surface area contributed by atoms with Crippen molar-refractivity contribution < 1.29 is 9.90 Å². The maximum atomic E-state index is 13.2. The second kappa shape index (κ2) is 8.55. The van der Waals surface area contributed by atoms with Crippen molar-refractivity contribution >= 4 is 16.9 Å². The third-order valence-electron chi connectivity index (χ3n) is 6.30. The number of aliphatic hydroxyl groups is 1. The molecule has 32 heavy (non-hydrogen) atoms. The molecule has 0 unspecified atom stereocenters. The lowest BCUT2D eigenvalue weighted by Gasteiger charge is -2.27. The molecule has 0 saturated heterocycles. The second-order valence-corrected chi connectivity index (χ2v) is 8.46. The molecular weight excluding hydrogens is 400 g/mol. The first kappa shape index (κ1) is 20.4. The third kappa shape index (κ3) is 3.89. The number of aliphatic hydroxyl groups excluding tert-OH is 1. The standard InChI is InChI=1S/C26H26N4O2/c1-17-6-2-3-7-21(17)23-16-18(14-15-27-23)25(32)29-26-28-22-8-4-5-9-24(22)30(26)19-10-12-20(31)13-11-19/h2-9,14-16,19-20,31H,10-13H2,1H3,(H,28,29,32)/t19-,20+. The number of imidazole rings is 1. The summed E-state index contributed by atoms with van der Waals surface area (Å²) < 4.78 is 2.13. The minimum absolute atomic E-state index is 0.195. The Bertz CT molecular complexity index is 1340. The van der Waals surface area contributed by atoms with Crippen molar-refractivity contribution in [1.29, 1.82) is 0 Å². The van der Waals surface area contributed by atoms with Crippen molar-refractivity contribution in [3.05, 3.63) is 83.6 Å². The largest absolute Gasteiger partial charge is 0.393 e. The highest BCUT2D eigenvalue weighted by atomic mass is 16.3. The molecule has 0 spiro atoms. The van der Waals surface area contributed by atoms with Crippen LogP contribution in [0.2, 0.25) is 0 Å². The Morgan fingerprint density at radius 3 is 2.62 bits per heavy atom. The van der Waals surface area contributed by atoms with Gasteiger partial charge in [-0.1, -0.05) is 36.4 Å². The van der Waals surface area contributed by atoms with Crippen LogP contribution in [0.5, 0.6) is 0 Å². The molecule has 5 rings (SSSR count). The van der Waals surface area contributed by atoms with Crippen LogP contribution in [-0.2, 0) is 0 Å². The van der Waals surface area contributed by atoms with E-state index in [4.69, 9.17) is 0 Å². The zero-order valence-electron chi connectivity index (χ0n) is 18.0. The van der Waals surface area contributed by atoms with Gasteiger partial charge in [0.05, 0.1) is 22.8 Å². The van der Waals surface area contributed by atoms with E-state index in [-0.39, 0.29) is 18.1 Å². The number of aromatic nitrogens is 3. The number of fused-ring (bicyclic) bond motifs is 1. The minimum Gasteiger partial charge on any atom is -0.393 e. The van der Waals surface area contributed by atoms with E-state index in [2.05, 4.69) is 19.5 Å². The molecule has 2 aromatic carbocycles. The van der Waals surface area contributed by atoms with Crippen LogP contribution in [0.15, 0.2) is 71.9 Å². The molecule has 2 aromatic heterocycles. The van der Waals surface area contributed by atoms with Gasteiger partial charge in [-0.25, -0.2) is 0 Å². The highest BCUT2D eigenvalue weighted by molar-refractivity contribution is 5.96. The van der Waals surface area contributed by atoms with Crippen LogP contribution in [0.1, 0.15) is 47.6 Å². The number of rotatable bonds is 3. The smallest absolute Gasteiger partial charge is 0.280 e. The van der Waals surface area contributed by atoms with Crippen molar-refractivity contribution in [1.82, 2.24) is 14.5 Å². The molecule has 1 saturated carbocycles. The van der Waals surface area contributed by atoms with E-state index in [1.165, 1.54) is 0 Å². The molecule has 1 aliphatic rings. The highest BCUT2D eigenvalue weighted by Crippen LogP contribution is 2.29. The van der Waals surface area contributed by atoms with Gasteiger partial charge in [0.15, 0.2) is 0 Å². The number of pyridine rings is 1. The first-order valence-electron chi connectivity index (χ1n) is 11.1. The van der Waals surface area contributed by atoms with Crippen LogP contribution in [0.4, 0.5) is 0 Å². The monoisotopic (exact) mass is 426 g/mol. The number of H-pyrrole nitrogens is 1. The molecule has 4 aromatic rings. The molecular formula is C26H26N4O2. The number of aromatic amines is 1. The lowest BCUT2D eigenvalue weighted by Crippen LogP contribution is -2.29. The SMILES string of the molecule is Cc1ccccc1-c1cc(C(=O)/N=c2\[nH]c3ccccc3n2[C@H]2CC[C@@H](O)CC2)ccn1. The highest BCUT2D eigenvalue weighted by Gasteiger charge is 2.23. The summed E-state index contributed by atoms with van der Waals surface area (Å²) in [5, 5.41) is 9.94. The van der Waals surface area contributed by atoms with Crippen LogP contribution in [0.25, 0.3) is 22.3 Å². The number of para-hydroxylation sites is 2. The molecule has 6 nitrogen and oxygen atoms in total. The first-order valence-corrected chi connectivity index (χ1v) is 11.1. The maximum Gasteiger partial charge on any atom is 0.280 e. The lowest BCUT2D eigenvalue weighted by atomic mass is 9.93. The Hall–Kier alpha value is -3.51. The summed E-state index contributed by atoms with van der Waals surface area (Å²) in [5.41, 5.74) is 5.89. The number of nitrogens with zero attached hydrogens (tertiary/aromatic N) is 3. The van der Waals surface area contributed by atoms with Crippen molar-refractivity contribution in [3.63, 3.8) is 0 Å². The Morgan fingerprint density at radius 1 is 1.06 bits per heavy atom. The van der Waals surface area contributed by atoms with Gasteiger partial charge < -0.3 is 14.7 Å². The van der Waals surface area contributed by atoms with Crippen LogP contribution in [0, 0.1) is 6.92 Å². The van der Waals surface area contributed by atoms with E-state index in [1.54, 1.807) is 18.3 Å². The van der Waals surface area contributed by atoms with E-state index in [9.17, 15) is 9.90 Å². The summed E-state index contributed by atoms with van der Waals surface area (Å²) in [6, 6.07) is 19.7. The Balaban J connectivity index is 1.56. The van der Waals surface area contributed by atoms with E-state index >= 15 is 0 Å². The van der Waals surface area contributed by atoms with Gasteiger partial charge in [0.25, 0.3) is 5.91 Å². The number of nitrogens with one attached hydrogen (secondary N) is 1. The third-order valence-corrected chi connectivity index (χ3v) is 6.30. The molecule has 0 atom stereocenters. The number of hydrogen-bond donors (Lipinski definition) is 2. The first-order chi connectivity index (χ1) is 15.6. The van der Waals surface area contributed by atoms with Gasteiger partial charge in [-0.15, -0.1) is 0 Å². The van der Waals surface area contributed by atoms with Gasteiger partial charge >= 0.3 is 0 Å². The number of hydrogen-bond acceptors (Lipinski definition) is 3. The summed E-state index contributed by atoms with van der Waals surface area (Å²) in [7, 11) is 0. The normalized spacial score (nSPS) is 19.4. The van der Waals surface area contributed by atoms with Gasteiger partial charge in [-0.3, -0.25) is 9.78 Å². The molecule has 0 aliphatic heterocycles. The van der Waals surface area contributed by atoms with Gasteiger partial charge in [-0.2, -0.15) is 4.99 Å². The van der Waals surface area contributed by atoms with Crippen molar-refractivity contribution in [2.24, 2.45) is 4.99 Å². The number of carbonyl (C=O) groups excluding carboxylic acids is 1. The number of amides is 1. The Morgan fingerprint density at radius 2 is 1.81 bits per heavy atom. The van der Waals surface area contributed by atoms with Crippen LogP contribution in [-0.4, -0.2) is 31.7 Å². The topological polar surface area (TPSA) is 83.3 Å². The summed E-state index contributed by atoms with van der Waals surface area (Å²) >= 11 is 0. The van der Waals surface area contributed by atoms with Crippen molar-refractivity contribution in [2.75, 3.05) is 0 Å². The molecule has 2 heterocycles. The van der Waals surface area contributed by atoms with Crippen LogP contribution < -0.4 is 5.62 Å². The number of benzene rings is 2. The minimum atomic E-state index is -0.307. The number of aryl methyl sites for hydroxylation is 1. The maximum absolute atomic E-state index is 13.2. The molecule has 6 heteroatoms. The predicted octanol–water partition coefficient (Wildman–Crippen LogP) is 4.56. The molecule has 0 bridgehead atoms. The Labute approximate surface area is 186 Å². The van der Waals surface area contributed by atoms with Crippen molar-refractivity contribution in [3.8, 4) is 11.3 Å². The Kier molecular flexibility index (Phi) is 5.45. The molecule has 2 N–H and O–H groups in total. The van der Waals surface area contributed by atoms with Gasteiger partial charge in [0, 0.05) is 23.4 Å². The average Bonchev–Trinajstić information content (AvgIpc) is 3.18. The van der Waals surface area contributed by atoms with E-state index in [1.807, 2.05) is 55.5 Å². The zero-order valence-corrected chi connectivity index (χ0v) is 18.0. The molecule has 1 aliphatic carbocycles. The summed E-state index contributed by atoms with van der Waals surface area (Å²) in [5.74, 6) is -0.307. The molecule has 1 amide bonds. The van der Waals surface area contributed by atoms with Gasteiger partial charge in [-0.05, 0) is 62.4 Å². The average molecular weight is 427 g/mol. The summed E-state index contributed by atoms with van der Waals surface area (Å²) in [6.45, 7) is 2.03. The molecule has 162 valence electrons. The lowest BCUT2D eigenvalue weighted by molar-refractivity contribution is 0.0990. The second-order valence-electron chi connectivity index (χ2n) is 8.46. The fourth-order valence-electron chi connectivity index (χ4n) is 4.58. The molecule has 1 fully saturated rings. The number of carbonyl (C=O) groups is 1. The van der Waals surface area contributed by atoms with Gasteiger partial charge in [0.1, 0.15) is 0 Å². The fourth-order valence-corrected chi connectivity index (χ4v) is 4.58. The van der Waals surface area contributed by atoms with E-state index in [0.29, 0.717) is 11.2 Å². The zero-order chi connectivity index (χ0) is 22.1. The van der Waals surface area contributed by atoms with E-state index in [0.717, 1.165) is 53.5 Å². The predicted molar refractivity (Wildman–Crippen MR) is 124 cm³/mol. The van der Waals surface area contributed by atoms with Gasteiger partial charge in [0.2, 0.25) is 5.62 Å². The van der Waals surface area contributed by atoms with Crippen molar-refractivity contribution in [2.45, 2.75) is 44.8 Å². The van der Waals surface area contributed by atoms with Crippen LogP contribution >= 0.6 is 0 Å².